The summed E-state index contributed by atoms with van der Waals surface area (Å²) in [5.41, 5.74) is 9.22. The Morgan fingerprint density at radius 3 is 2.79 bits per heavy atom. The minimum Gasteiger partial charge on any atom is -0.390 e. The number of piperidine rings is 1. The van der Waals surface area contributed by atoms with Gasteiger partial charge in [0.1, 0.15) is 11.8 Å². The summed E-state index contributed by atoms with van der Waals surface area (Å²) in [6.45, 7) is 1.33. The lowest BCUT2D eigenvalue weighted by molar-refractivity contribution is -0.0289. The molecule has 3 heterocycles. The SMILES string of the molecule is C#Cc1cccc(Nc2ncnn3ccc(CN4C[C@@H](O)C(N)[C@H](O)C4)c23)c1. The fourth-order valence-corrected chi connectivity index (χ4v) is 3.53. The molecule has 5 N–H and O–H groups in total. The summed E-state index contributed by atoms with van der Waals surface area (Å²) < 4.78 is 1.75. The average Bonchev–Trinajstić information content (AvgIpc) is 3.10. The molecule has 28 heavy (non-hydrogen) atoms. The van der Waals surface area contributed by atoms with Gasteiger partial charge < -0.3 is 21.3 Å². The molecule has 3 aromatic rings. The Hall–Kier alpha value is -2.96. The molecule has 2 aromatic heterocycles. The predicted octanol–water partition coefficient (Wildman–Crippen LogP) is 0.319. The van der Waals surface area contributed by atoms with Crippen LogP contribution in [0.15, 0.2) is 42.9 Å². The van der Waals surface area contributed by atoms with E-state index in [4.69, 9.17) is 12.2 Å². The third-order valence-electron chi connectivity index (χ3n) is 5.00. The van der Waals surface area contributed by atoms with Crippen LogP contribution in [0, 0.1) is 12.3 Å². The lowest BCUT2D eigenvalue weighted by Gasteiger charge is -2.37. The van der Waals surface area contributed by atoms with Crippen molar-refractivity contribution in [2.24, 2.45) is 5.73 Å². The predicted molar refractivity (Wildman–Crippen MR) is 106 cm³/mol. The van der Waals surface area contributed by atoms with Crippen molar-refractivity contribution in [1.29, 1.82) is 0 Å². The maximum absolute atomic E-state index is 10.1. The van der Waals surface area contributed by atoms with Gasteiger partial charge in [-0.25, -0.2) is 9.50 Å². The number of nitrogens with two attached hydrogens (primary N) is 1. The van der Waals surface area contributed by atoms with Gasteiger partial charge >= 0.3 is 0 Å². The van der Waals surface area contributed by atoms with Crippen LogP contribution >= 0.6 is 0 Å². The molecule has 0 spiro atoms. The third kappa shape index (κ3) is 3.56. The number of benzene rings is 1. The number of aromatic nitrogens is 3. The summed E-state index contributed by atoms with van der Waals surface area (Å²) in [5, 5.41) is 27.7. The maximum Gasteiger partial charge on any atom is 0.158 e. The number of hydrogen-bond donors (Lipinski definition) is 4. The number of likely N-dealkylation sites (tertiary alicyclic amines) is 1. The average molecular weight is 378 g/mol. The van der Waals surface area contributed by atoms with Gasteiger partial charge in [0.25, 0.3) is 0 Å². The Morgan fingerprint density at radius 1 is 1.25 bits per heavy atom. The highest BCUT2D eigenvalue weighted by Gasteiger charge is 2.32. The highest BCUT2D eigenvalue weighted by atomic mass is 16.3. The zero-order valence-corrected chi connectivity index (χ0v) is 15.2. The van der Waals surface area contributed by atoms with E-state index in [1.807, 2.05) is 41.4 Å². The fraction of sp³-hybridized carbons (Fsp3) is 0.300. The Balaban J connectivity index is 1.63. The molecule has 1 aromatic carbocycles. The summed E-state index contributed by atoms with van der Waals surface area (Å²) in [4.78, 5) is 6.37. The van der Waals surface area contributed by atoms with E-state index >= 15 is 0 Å². The van der Waals surface area contributed by atoms with Crippen LogP contribution in [0.25, 0.3) is 5.52 Å². The first kappa shape index (κ1) is 18.4. The molecular formula is C20H22N6O2. The van der Waals surface area contributed by atoms with E-state index < -0.39 is 18.2 Å². The molecule has 4 rings (SSSR count). The molecule has 1 saturated heterocycles. The first-order chi connectivity index (χ1) is 13.5. The van der Waals surface area contributed by atoms with Crippen LogP contribution in [0.5, 0.6) is 0 Å². The Bertz CT molecular complexity index is 1010. The van der Waals surface area contributed by atoms with Gasteiger partial charge in [0, 0.05) is 37.1 Å². The monoisotopic (exact) mass is 378 g/mol. The van der Waals surface area contributed by atoms with Crippen LogP contribution in [0.3, 0.4) is 0 Å². The first-order valence-electron chi connectivity index (χ1n) is 9.04. The van der Waals surface area contributed by atoms with Gasteiger partial charge in [-0.1, -0.05) is 12.0 Å². The van der Waals surface area contributed by atoms with Gasteiger partial charge in [-0.2, -0.15) is 5.10 Å². The quantitative estimate of drug-likeness (QED) is 0.484. The van der Waals surface area contributed by atoms with Gasteiger partial charge in [0.2, 0.25) is 0 Å². The normalized spacial score (nSPS) is 20.9. The number of anilines is 2. The minimum atomic E-state index is -0.766. The highest BCUT2D eigenvalue weighted by molar-refractivity contribution is 5.76. The van der Waals surface area contributed by atoms with Crippen LogP contribution in [0.2, 0.25) is 0 Å². The number of nitrogens with one attached hydrogen (secondary N) is 1. The van der Waals surface area contributed by atoms with Crippen molar-refractivity contribution < 1.29 is 10.2 Å². The van der Waals surface area contributed by atoms with Crippen molar-refractivity contribution in [3.63, 3.8) is 0 Å². The molecule has 1 aliphatic heterocycles. The van der Waals surface area contributed by atoms with Crippen LogP contribution in [-0.4, -0.2) is 61.1 Å². The molecule has 144 valence electrons. The van der Waals surface area contributed by atoms with E-state index in [1.165, 1.54) is 6.33 Å². The number of nitrogens with zero attached hydrogens (tertiary/aromatic N) is 4. The summed E-state index contributed by atoms with van der Waals surface area (Å²) in [5.74, 6) is 3.27. The van der Waals surface area contributed by atoms with Gasteiger partial charge in [-0.15, -0.1) is 6.42 Å². The van der Waals surface area contributed by atoms with Gasteiger partial charge in [0.15, 0.2) is 5.82 Å². The second-order valence-corrected chi connectivity index (χ2v) is 7.00. The van der Waals surface area contributed by atoms with Gasteiger partial charge in [0.05, 0.1) is 18.2 Å². The zero-order chi connectivity index (χ0) is 19.7. The largest absolute Gasteiger partial charge is 0.390 e. The molecule has 8 nitrogen and oxygen atoms in total. The minimum absolute atomic E-state index is 0.399. The summed E-state index contributed by atoms with van der Waals surface area (Å²) >= 11 is 0. The molecule has 8 heteroatoms. The number of fused-ring (bicyclic) bond motifs is 1. The molecule has 1 aliphatic rings. The lowest BCUT2D eigenvalue weighted by Crippen LogP contribution is -2.58. The molecule has 1 fully saturated rings. The Morgan fingerprint density at radius 2 is 2.04 bits per heavy atom. The molecule has 0 unspecified atom stereocenters. The molecule has 0 aliphatic carbocycles. The Labute approximate surface area is 162 Å². The molecular weight excluding hydrogens is 356 g/mol. The van der Waals surface area contributed by atoms with Gasteiger partial charge in [-0.05, 0) is 29.8 Å². The zero-order valence-electron chi connectivity index (χ0n) is 15.2. The number of aliphatic hydroxyl groups is 2. The smallest absolute Gasteiger partial charge is 0.158 e. The molecule has 0 bridgehead atoms. The number of rotatable bonds is 4. The van der Waals surface area contributed by atoms with Gasteiger partial charge in [-0.3, -0.25) is 4.90 Å². The highest BCUT2D eigenvalue weighted by Crippen LogP contribution is 2.25. The number of aliphatic hydroxyl groups excluding tert-OH is 2. The molecule has 0 amide bonds. The van der Waals surface area contributed by atoms with Crippen molar-refractivity contribution in [2.45, 2.75) is 24.8 Å². The summed E-state index contributed by atoms with van der Waals surface area (Å²) in [6, 6.07) is 8.88. The molecule has 2 atom stereocenters. The van der Waals surface area contributed by atoms with Crippen LogP contribution in [0.4, 0.5) is 11.5 Å². The third-order valence-corrected chi connectivity index (χ3v) is 5.00. The second-order valence-electron chi connectivity index (χ2n) is 7.00. The molecule has 0 radical (unpaired) electrons. The lowest BCUT2D eigenvalue weighted by atomic mass is 9.99. The van der Waals surface area contributed by atoms with Crippen molar-refractivity contribution in [2.75, 3.05) is 18.4 Å². The van der Waals surface area contributed by atoms with Crippen molar-refractivity contribution in [1.82, 2.24) is 19.5 Å². The van der Waals surface area contributed by atoms with E-state index in [0.29, 0.717) is 25.5 Å². The van der Waals surface area contributed by atoms with E-state index in [2.05, 4.69) is 21.3 Å². The number of hydrogen-bond acceptors (Lipinski definition) is 7. The van der Waals surface area contributed by atoms with E-state index in [1.54, 1.807) is 4.52 Å². The molecule has 0 saturated carbocycles. The van der Waals surface area contributed by atoms with Crippen LogP contribution in [0.1, 0.15) is 11.1 Å². The maximum atomic E-state index is 10.1. The van der Waals surface area contributed by atoms with E-state index in [0.717, 1.165) is 22.3 Å². The van der Waals surface area contributed by atoms with Crippen molar-refractivity contribution >= 4 is 17.0 Å². The Kier molecular flexibility index (Phi) is 4.98. The standard InChI is InChI=1S/C20H22N6O2/c1-2-13-4-3-5-15(8-13)24-20-19-14(6-7-26(19)23-12-22-20)9-25-10-16(27)18(21)17(28)11-25/h1,3-8,12,16-18,27-28H,9-11,21H2,(H,22,23,24)/t16-,17-/m1/s1. The first-order valence-corrected chi connectivity index (χ1v) is 9.04. The van der Waals surface area contributed by atoms with Crippen LogP contribution in [-0.2, 0) is 6.54 Å². The number of terminal acetylenes is 1. The van der Waals surface area contributed by atoms with Crippen molar-refractivity contribution in [3.05, 3.63) is 54.0 Å². The van der Waals surface area contributed by atoms with Crippen molar-refractivity contribution in [3.8, 4) is 12.3 Å². The second kappa shape index (κ2) is 7.58. The topological polar surface area (TPSA) is 112 Å². The fourth-order valence-electron chi connectivity index (χ4n) is 3.53. The van der Waals surface area contributed by atoms with E-state index in [9.17, 15) is 10.2 Å². The summed E-state index contributed by atoms with van der Waals surface area (Å²) in [7, 11) is 0. The number of β-amino-alcohol motifs (C(OH)–C–C–N with tert-alkyl or cyclic N) is 2. The van der Waals surface area contributed by atoms with E-state index in [-0.39, 0.29) is 0 Å². The summed E-state index contributed by atoms with van der Waals surface area (Å²) in [6.07, 6.45) is 7.29. The van der Waals surface area contributed by atoms with Crippen LogP contribution < -0.4 is 11.1 Å².